The van der Waals surface area contributed by atoms with Crippen molar-refractivity contribution in [2.24, 2.45) is 5.41 Å². The van der Waals surface area contributed by atoms with Crippen molar-refractivity contribution in [3.05, 3.63) is 65.7 Å². The van der Waals surface area contributed by atoms with Crippen LogP contribution in [0, 0.1) is 11.2 Å². The first-order valence-corrected chi connectivity index (χ1v) is 8.56. The standard InChI is InChI=1S/C20H20FN3O/c21-16-5-3-14(4-6-16)11-20(7-8-20)13-24-18(25)10-15-12-23-19-17(15)2-1-9-22-19/h1-6,9,12H,7-8,10-11,13H2,(H,22,23)(H,24,25). The number of halogens is 1. The summed E-state index contributed by atoms with van der Waals surface area (Å²) in [6, 6.07) is 10.5. The van der Waals surface area contributed by atoms with Gasteiger partial charge in [0.2, 0.25) is 5.91 Å². The molecular weight excluding hydrogens is 317 g/mol. The number of pyridine rings is 1. The number of aromatic nitrogens is 2. The number of rotatable bonds is 6. The quantitative estimate of drug-likeness (QED) is 0.724. The van der Waals surface area contributed by atoms with Gasteiger partial charge in [0.15, 0.2) is 0 Å². The summed E-state index contributed by atoms with van der Waals surface area (Å²) in [5, 5.41) is 4.06. The van der Waals surface area contributed by atoms with E-state index in [1.165, 1.54) is 12.1 Å². The molecule has 4 nitrogen and oxygen atoms in total. The summed E-state index contributed by atoms with van der Waals surface area (Å²) in [6.45, 7) is 0.670. The van der Waals surface area contributed by atoms with E-state index < -0.39 is 0 Å². The van der Waals surface area contributed by atoms with Crippen LogP contribution in [0.25, 0.3) is 11.0 Å². The number of aromatic amines is 1. The Morgan fingerprint density at radius 1 is 1.24 bits per heavy atom. The number of fused-ring (bicyclic) bond motifs is 1. The molecule has 0 radical (unpaired) electrons. The van der Waals surface area contributed by atoms with Gasteiger partial charge in [0.1, 0.15) is 11.5 Å². The first-order valence-electron chi connectivity index (χ1n) is 8.56. The van der Waals surface area contributed by atoms with Gasteiger partial charge in [-0.15, -0.1) is 0 Å². The van der Waals surface area contributed by atoms with E-state index in [1.807, 2.05) is 30.5 Å². The average Bonchev–Trinajstić information content (AvgIpc) is 3.28. The second-order valence-electron chi connectivity index (χ2n) is 6.97. The second kappa shape index (κ2) is 6.31. The highest BCUT2D eigenvalue weighted by Gasteiger charge is 2.42. The van der Waals surface area contributed by atoms with E-state index in [-0.39, 0.29) is 17.1 Å². The molecular formula is C20H20FN3O. The third-order valence-corrected chi connectivity index (χ3v) is 5.00. The normalized spacial score (nSPS) is 15.2. The number of hydrogen-bond donors (Lipinski definition) is 2. The summed E-state index contributed by atoms with van der Waals surface area (Å²) in [4.78, 5) is 19.7. The Bertz CT molecular complexity index is 897. The SMILES string of the molecule is O=C(Cc1c[nH]c2ncccc12)NCC1(Cc2ccc(F)cc2)CC1. The van der Waals surface area contributed by atoms with Crippen LogP contribution in [0.15, 0.2) is 48.8 Å². The Morgan fingerprint density at radius 2 is 2.04 bits per heavy atom. The Kier molecular flexibility index (Phi) is 3.99. The van der Waals surface area contributed by atoms with Crippen LogP contribution in [-0.2, 0) is 17.6 Å². The number of H-pyrrole nitrogens is 1. The fraction of sp³-hybridized carbons (Fsp3) is 0.300. The summed E-state index contributed by atoms with van der Waals surface area (Å²) in [6.07, 6.45) is 7.00. The molecule has 1 amide bonds. The van der Waals surface area contributed by atoms with Gasteiger partial charge in [-0.25, -0.2) is 9.37 Å². The zero-order valence-electron chi connectivity index (χ0n) is 13.9. The molecule has 0 spiro atoms. The van der Waals surface area contributed by atoms with Gasteiger partial charge in [-0.3, -0.25) is 4.79 Å². The van der Waals surface area contributed by atoms with Crippen molar-refractivity contribution < 1.29 is 9.18 Å². The summed E-state index contributed by atoms with van der Waals surface area (Å²) in [5.74, 6) is -0.190. The second-order valence-corrected chi connectivity index (χ2v) is 6.97. The van der Waals surface area contributed by atoms with E-state index in [4.69, 9.17) is 0 Å². The van der Waals surface area contributed by atoms with Crippen molar-refractivity contribution in [3.8, 4) is 0 Å². The Hall–Kier alpha value is -2.69. The van der Waals surface area contributed by atoms with E-state index in [1.54, 1.807) is 6.20 Å². The summed E-state index contributed by atoms with van der Waals surface area (Å²) >= 11 is 0. The van der Waals surface area contributed by atoms with E-state index in [9.17, 15) is 9.18 Å². The monoisotopic (exact) mass is 337 g/mol. The van der Waals surface area contributed by atoms with Gasteiger partial charge in [0.25, 0.3) is 0 Å². The Morgan fingerprint density at radius 3 is 2.80 bits per heavy atom. The number of amides is 1. The maximum Gasteiger partial charge on any atom is 0.224 e. The molecule has 0 unspecified atom stereocenters. The molecule has 2 heterocycles. The fourth-order valence-corrected chi connectivity index (χ4v) is 3.31. The van der Waals surface area contributed by atoms with E-state index in [0.29, 0.717) is 13.0 Å². The molecule has 1 aliphatic rings. The van der Waals surface area contributed by atoms with Crippen LogP contribution in [0.4, 0.5) is 4.39 Å². The lowest BCUT2D eigenvalue weighted by molar-refractivity contribution is -0.120. The maximum atomic E-state index is 13.0. The van der Waals surface area contributed by atoms with Gasteiger partial charge in [-0.05, 0) is 60.1 Å². The third-order valence-electron chi connectivity index (χ3n) is 5.00. The smallest absolute Gasteiger partial charge is 0.224 e. The molecule has 1 aliphatic carbocycles. The maximum absolute atomic E-state index is 13.0. The van der Waals surface area contributed by atoms with Crippen LogP contribution in [0.1, 0.15) is 24.0 Å². The molecule has 1 fully saturated rings. The van der Waals surface area contributed by atoms with Gasteiger partial charge in [0.05, 0.1) is 6.42 Å². The fourth-order valence-electron chi connectivity index (χ4n) is 3.31. The molecule has 4 rings (SSSR count). The molecule has 0 aliphatic heterocycles. The van der Waals surface area contributed by atoms with Crippen LogP contribution in [0.5, 0.6) is 0 Å². The van der Waals surface area contributed by atoms with Gasteiger partial charge >= 0.3 is 0 Å². The molecule has 2 aromatic heterocycles. The molecule has 128 valence electrons. The highest BCUT2D eigenvalue weighted by Crippen LogP contribution is 2.47. The molecule has 1 aromatic carbocycles. The molecule has 0 bridgehead atoms. The van der Waals surface area contributed by atoms with Crippen LogP contribution in [0.3, 0.4) is 0 Å². The number of carbonyl (C=O) groups excluding carboxylic acids is 1. The van der Waals surface area contributed by atoms with E-state index >= 15 is 0 Å². The van der Waals surface area contributed by atoms with Crippen LogP contribution in [0.2, 0.25) is 0 Å². The first kappa shape index (κ1) is 15.8. The predicted octanol–water partition coefficient (Wildman–Crippen LogP) is 3.38. The zero-order valence-corrected chi connectivity index (χ0v) is 13.9. The lowest BCUT2D eigenvalue weighted by atomic mass is 9.96. The minimum Gasteiger partial charge on any atom is -0.355 e. The molecule has 0 saturated heterocycles. The number of benzene rings is 1. The summed E-state index contributed by atoms with van der Waals surface area (Å²) in [7, 11) is 0. The highest BCUT2D eigenvalue weighted by atomic mass is 19.1. The van der Waals surface area contributed by atoms with Crippen molar-refractivity contribution in [2.75, 3.05) is 6.54 Å². The van der Waals surface area contributed by atoms with Gasteiger partial charge in [-0.1, -0.05) is 12.1 Å². The minimum absolute atomic E-state index is 0.0233. The average molecular weight is 337 g/mol. The van der Waals surface area contributed by atoms with Gasteiger partial charge in [0, 0.05) is 24.3 Å². The van der Waals surface area contributed by atoms with Gasteiger partial charge < -0.3 is 10.3 Å². The van der Waals surface area contributed by atoms with Crippen molar-refractivity contribution in [1.29, 1.82) is 0 Å². The van der Waals surface area contributed by atoms with Crippen molar-refractivity contribution >= 4 is 16.9 Å². The topological polar surface area (TPSA) is 57.8 Å². The largest absolute Gasteiger partial charge is 0.355 e. The van der Waals surface area contributed by atoms with Crippen LogP contribution in [-0.4, -0.2) is 22.4 Å². The van der Waals surface area contributed by atoms with Crippen LogP contribution >= 0.6 is 0 Å². The third kappa shape index (κ3) is 3.55. The van der Waals surface area contributed by atoms with Crippen molar-refractivity contribution in [1.82, 2.24) is 15.3 Å². The summed E-state index contributed by atoms with van der Waals surface area (Å²) in [5.41, 5.74) is 3.02. The van der Waals surface area contributed by atoms with E-state index in [2.05, 4.69) is 15.3 Å². The minimum atomic E-state index is -0.213. The van der Waals surface area contributed by atoms with E-state index in [0.717, 1.165) is 41.4 Å². The molecule has 0 atom stereocenters. The molecule has 1 saturated carbocycles. The molecule has 25 heavy (non-hydrogen) atoms. The lowest BCUT2D eigenvalue weighted by Gasteiger charge is -2.16. The number of hydrogen-bond acceptors (Lipinski definition) is 2. The molecule has 2 N–H and O–H groups in total. The molecule has 5 heteroatoms. The Balaban J connectivity index is 1.34. The summed E-state index contributed by atoms with van der Waals surface area (Å²) < 4.78 is 13.0. The van der Waals surface area contributed by atoms with Crippen molar-refractivity contribution in [2.45, 2.75) is 25.7 Å². The number of carbonyl (C=O) groups is 1. The highest BCUT2D eigenvalue weighted by molar-refractivity contribution is 5.87. The number of nitrogens with zero attached hydrogens (tertiary/aromatic N) is 1. The Labute approximate surface area is 145 Å². The van der Waals surface area contributed by atoms with Crippen molar-refractivity contribution in [3.63, 3.8) is 0 Å². The lowest BCUT2D eigenvalue weighted by Crippen LogP contribution is -2.32. The zero-order chi connectivity index (χ0) is 17.3. The van der Waals surface area contributed by atoms with Gasteiger partial charge in [-0.2, -0.15) is 0 Å². The number of nitrogens with one attached hydrogen (secondary N) is 2. The molecule has 3 aromatic rings. The predicted molar refractivity (Wildman–Crippen MR) is 94.6 cm³/mol. The first-order chi connectivity index (χ1) is 12.1. The van der Waals surface area contributed by atoms with Crippen LogP contribution < -0.4 is 5.32 Å².